The summed E-state index contributed by atoms with van der Waals surface area (Å²) >= 11 is 0. The number of aromatic hydroxyl groups is 1. The number of nitrogen functional groups attached to an aromatic ring is 1. The molecule has 0 amide bonds. The molecule has 3 rings (SSSR count). The molecule has 21 heavy (non-hydrogen) atoms. The Morgan fingerprint density at radius 3 is 2.95 bits per heavy atom. The molecule has 2 heterocycles. The zero-order chi connectivity index (χ0) is 15.1. The van der Waals surface area contributed by atoms with Crippen LogP contribution in [0.5, 0.6) is 5.75 Å². The lowest BCUT2D eigenvalue weighted by atomic mass is 10.0. The number of aromatic amines is 1. The maximum absolute atomic E-state index is 12.7. The number of aryl methyl sites for hydroxylation is 1. The standard InChI is InChI=1S/C15H14N3O2P/c1-7-4-8-9(6-18-15(8)17-5-7)13(20)12-11(19)3-2-10(16)14(12)21/h2-6,19H,16,21H2,1H3,(H,17,18). The van der Waals surface area contributed by atoms with Crippen molar-refractivity contribution in [2.24, 2.45) is 0 Å². The van der Waals surface area contributed by atoms with Gasteiger partial charge in [0.2, 0.25) is 0 Å². The van der Waals surface area contributed by atoms with E-state index in [0.717, 1.165) is 10.9 Å². The molecule has 0 bridgehead atoms. The minimum absolute atomic E-state index is 0.0887. The zero-order valence-corrected chi connectivity index (χ0v) is 12.5. The number of rotatable bonds is 2. The Labute approximate surface area is 123 Å². The van der Waals surface area contributed by atoms with Crippen molar-refractivity contribution in [1.29, 1.82) is 0 Å². The van der Waals surface area contributed by atoms with E-state index in [4.69, 9.17) is 5.73 Å². The number of nitrogens with zero attached hydrogens (tertiary/aromatic N) is 1. The Hall–Kier alpha value is -2.39. The van der Waals surface area contributed by atoms with E-state index < -0.39 is 0 Å². The van der Waals surface area contributed by atoms with Gasteiger partial charge in [-0.25, -0.2) is 4.98 Å². The summed E-state index contributed by atoms with van der Waals surface area (Å²) in [6.07, 6.45) is 3.33. The fourth-order valence-corrected chi connectivity index (χ4v) is 2.67. The van der Waals surface area contributed by atoms with Crippen molar-refractivity contribution in [3.8, 4) is 5.75 Å². The normalized spacial score (nSPS) is 11.0. The van der Waals surface area contributed by atoms with Gasteiger partial charge in [-0.1, -0.05) is 0 Å². The Kier molecular flexibility index (Phi) is 3.15. The van der Waals surface area contributed by atoms with E-state index in [1.54, 1.807) is 18.5 Å². The van der Waals surface area contributed by atoms with Gasteiger partial charge in [0, 0.05) is 34.3 Å². The molecule has 1 aromatic carbocycles. The quantitative estimate of drug-likeness (QED) is 0.292. The molecule has 3 aromatic rings. The molecular formula is C15H14N3O2P. The van der Waals surface area contributed by atoms with Crippen LogP contribution in [0.15, 0.2) is 30.6 Å². The Balaban J connectivity index is 2.22. The first-order chi connectivity index (χ1) is 9.99. The summed E-state index contributed by atoms with van der Waals surface area (Å²) in [6, 6.07) is 4.88. The number of anilines is 1. The second-order valence-corrected chi connectivity index (χ2v) is 5.48. The van der Waals surface area contributed by atoms with Gasteiger partial charge in [-0.05, 0) is 30.7 Å². The average molecular weight is 299 g/mol. The number of pyridine rings is 1. The number of hydrogen-bond acceptors (Lipinski definition) is 4. The van der Waals surface area contributed by atoms with Gasteiger partial charge in [0.05, 0.1) is 5.56 Å². The van der Waals surface area contributed by atoms with E-state index >= 15 is 0 Å². The summed E-state index contributed by atoms with van der Waals surface area (Å²) in [7, 11) is 2.41. The van der Waals surface area contributed by atoms with Gasteiger partial charge in [-0.3, -0.25) is 4.79 Å². The van der Waals surface area contributed by atoms with Crippen molar-refractivity contribution in [1.82, 2.24) is 9.97 Å². The molecule has 0 fully saturated rings. The number of H-pyrrole nitrogens is 1. The number of nitrogens with two attached hydrogens (primary N) is 1. The number of phenols is 1. The van der Waals surface area contributed by atoms with E-state index in [9.17, 15) is 9.90 Å². The highest BCUT2D eigenvalue weighted by molar-refractivity contribution is 7.28. The molecule has 0 aliphatic heterocycles. The maximum atomic E-state index is 12.7. The van der Waals surface area contributed by atoms with Crippen molar-refractivity contribution < 1.29 is 9.90 Å². The predicted octanol–water partition coefficient (Wildman–Crippen LogP) is 1.89. The van der Waals surface area contributed by atoms with E-state index in [2.05, 4.69) is 19.2 Å². The number of nitrogens with one attached hydrogen (secondary N) is 1. The molecular weight excluding hydrogens is 285 g/mol. The fraction of sp³-hybridized carbons (Fsp3) is 0.0667. The van der Waals surface area contributed by atoms with Crippen LogP contribution in [0.2, 0.25) is 0 Å². The molecule has 4 N–H and O–H groups in total. The van der Waals surface area contributed by atoms with Crippen molar-refractivity contribution >= 4 is 37.0 Å². The highest BCUT2D eigenvalue weighted by atomic mass is 31.0. The number of hydrogen-bond donors (Lipinski definition) is 3. The van der Waals surface area contributed by atoms with Crippen LogP contribution in [0.25, 0.3) is 11.0 Å². The summed E-state index contributed by atoms with van der Waals surface area (Å²) in [5, 5.41) is 11.2. The summed E-state index contributed by atoms with van der Waals surface area (Å²) in [5.74, 6) is -0.377. The molecule has 0 saturated heterocycles. The van der Waals surface area contributed by atoms with Gasteiger partial charge in [-0.15, -0.1) is 9.24 Å². The lowest BCUT2D eigenvalue weighted by Gasteiger charge is -2.09. The number of benzene rings is 1. The number of ketones is 1. The van der Waals surface area contributed by atoms with Crippen LogP contribution in [0.1, 0.15) is 21.5 Å². The first-order valence-corrected chi connectivity index (χ1v) is 6.92. The largest absolute Gasteiger partial charge is 0.507 e. The van der Waals surface area contributed by atoms with E-state index in [-0.39, 0.29) is 17.1 Å². The molecule has 5 nitrogen and oxygen atoms in total. The molecule has 1 unspecified atom stereocenters. The van der Waals surface area contributed by atoms with E-state index in [0.29, 0.717) is 22.2 Å². The first-order valence-electron chi connectivity index (χ1n) is 6.34. The van der Waals surface area contributed by atoms with Crippen LogP contribution < -0.4 is 11.0 Å². The molecule has 6 heteroatoms. The lowest BCUT2D eigenvalue weighted by Crippen LogP contribution is -2.14. The summed E-state index contributed by atoms with van der Waals surface area (Å²) in [6.45, 7) is 1.91. The number of carbonyl (C=O) groups is 1. The Bertz CT molecular complexity index is 871. The SMILES string of the molecule is Cc1cnc2[nH]cc(C(=O)c3c(O)ccc(N)c3P)c2c1. The third-order valence-corrected chi connectivity index (χ3v) is 4.02. The van der Waals surface area contributed by atoms with E-state index in [1.807, 2.05) is 13.0 Å². The van der Waals surface area contributed by atoms with Crippen LogP contribution in [0, 0.1) is 6.92 Å². The second kappa shape index (κ2) is 4.86. The van der Waals surface area contributed by atoms with Crippen LogP contribution in [-0.4, -0.2) is 20.9 Å². The molecule has 0 radical (unpaired) electrons. The third kappa shape index (κ3) is 2.16. The van der Waals surface area contributed by atoms with Gasteiger partial charge in [0.25, 0.3) is 0 Å². The summed E-state index contributed by atoms with van der Waals surface area (Å²) in [4.78, 5) is 20.0. The monoisotopic (exact) mass is 299 g/mol. The van der Waals surface area contributed by atoms with Gasteiger partial charge < -0.3 is 15.8 Å². The van der Waals surface area contributed by atoms with Gasteiger partial charge in [-0.2, -0.15) is 0 Å². The predicted molar refractivity (Wildman–Crippen MR) is 86.1 cm³/mol. The topological polar surface area (TPSA) is 92.0 Å². The highest BCUT2D eigenvalue weighted by Gasteiger charge is 2.21. The van der Waals surface area contributed by atoms with Crippen LogP contribution >= 0.6 is 9.24 Å². The smallest absolute Gasteiger partial charge is 0.199 e. The lowest BCUT2D eigenvalue weighted by molar-refractivity contribution is 0.103. The van der Waals surface area contributed by atoms with Gasteiger partial charge >= 0.3 is 0 Å². The number of carbonyl (C=O) groups excluding carboxylic acids is 1. The summed E-state index contributed by atoms with van der Waals surface area (Å²) < 4.78 is 0. The van der Waals surface area contributed by atoms with Gasteiger partial charge in [0.15, 0.2) is 5.78 Å². The fourth-order valence-electron chi connectivity index (χ4n) is 2.29. The van der Waals surface area contributed by atoms with Crippen LogP contribution in [-0.2, 0) is 0 Å². The van der Waals surface area contributed by atoms with Crippen LogP contribution in [0.4, 0.5) is 5.69 Å². The molecule has 106 valence electrons. The number of aromatic nitrogens is 2. The zero-order valence-electron chi connectivity index (χ0n) is 11.3. The molecule has 0 aliphatic rings. The average Bonchev–Trinajstić information content (AvgIpc) is 2.86. The molecule has 2 aromatic heterocycles. The van der Waals surface area contributed by atoms with Crippen LogP contribution in [0.3, 0.4) is 0 Å². The van der Waals surface area contributed by atoms with E-state index in [1.165, 1.54) is 6.07 Å². The minimum Gasteiger partial charge on any atom is -0.507 e. The Morgan fingerprint density at radius 2 is 2.19 bits per heavy atom. The molecule has 0 saturated carbocycles. The number of phenolic OH excluding ortho intramolecular Hbond substituents is 1. The molecule has 0 spiro atoms. The maximum Gasteiger partial charge on any atom is 0.199 e. The summed E-state index contributed by atoms with van der Waals surface area (Å²) in [5.41, 5.74) is 8.51. The minimum atomic E-state index is -0.288. The van der Waals surface area contributed by atoms with Crippen molar-refractivity contribution in [3.05, 3.63) is 47.3 Å². The van der Waals surface area contributed by atoms with Crippen molar-refractivity contribution in [3.63, 3.8) is 0 Å². The first kappa shape index (κ1) is 13.6. The Morgan fingerprint density at radius 1 is 1.43 bits per heavy atom. The highest BCUT2D eigenvalue weighted by Crippen LogP contribution is 2.26. The molecule has 0 aliphatic carbocycles. The van der Waals surface area contributed by atoms with Gasteiger partial charge in [0.1, 0.15) is 11.4 Å². The molecule has 1 atom stereocenters. The second-order valence-electron chi connectivity index (χ2n) is 4.90. The van der Waals surface area contributed by atoms with Crippen molar-refractivity contribution in [2.45, 2.75) is 6.92 Å². The van der Waals surface area contributed by atoms with Crippen molar-refractivity contribution in [2.75, 3.05) is 5.73 Å². The number of fused-ring (bicyclic) bond motifs is 1. The third-order valence-electron chi connectivity index (χ3n) is 3.40.